The first-order valence-corrected chi connectivity index (χ1v) is 16.2. The van der Waals surface area contributed by atoms with Crippen molar-refractivity contribution in [2.45, 2.75) is 63.2 Å². The van der Waals surface area contributed by atoms with Gasteiger partial charge < -0.3 is 24.6 Å². The number of amides is 2. The molecule has 0 saturated carbocycles. The second kappa shape index (κ2) is 12.3. The highest BCUT2D eigenvalue weighted by Gasteiger charge is 2.48. The maximum atomic E-state index is 14.3. The van der Waals surface area contributed by atoms with E-state index in [9.17, 15) is 32.7 Å². The number of carbonyl (C=O) groups is 2. The van der Waals surface area contributed by atoms with Gasteiger partial charge in [-0.3, -0.25) is 14.4 Å². The Morgan fingerprint density at radius 1 is 1.20 bits per heavy atom. The Morgan fingerprint density at radius 2 is 2.02 bits per heavy atom. The van der Waals surface area contributed by atoms with E-state index in [0.29, 0.717) is 68.9 Å². The number of carbonyl (C=O) groups excluding carboxylic acids is 2. The summed E-state index contributed by atoms with van der Waals surface area (Å²) in [5.41, 5.74) is -0.0688. The van der Waals surface area contributed by atoms with Crippen molar-refractivity contribution >= 4 is 40.5 Å². The molecular formula is C33H31ClF3N7O5. The number of likely N-dealkylation sites (tertiary alicyclic amines) is 1. The van der Waals surface area contributed by atoms with Crippen molar-refractivity contribution in [3.05, 3.63) is 86.3 Å². The molecule has 2 atom stereocenters. The topological polar surface area (TPSA) is 144 Å². The number of hydrogen-bond acceptors (Lipinski definition) is 8. The normalized spacial score (nSPS) is 20.8. The molecule has 2 N–H and O–H groups in total. The first-order chi connectivity index (χ1) is 23.4. The van der Waals surface area contributed by atoms with Gasteiger partial charge in [-0.25, -0.2) is 4.98 Å². The molecule has 4 aromatic rings. The number of alkyl halides is 3. The molecule has 3 aromatic heterocycles. The number of pyridine rings is 1. The quantitative estimate of drug-likeness (QED) is 0.308. The number of nitrogens with zero attached hydrogens (tertiary/aromatic N) is 6. The zero-order valence-electron chi connectivity index (χ0n) is 26.3. The van der Waals surface area contributed by atoms with Crippen molar-refractivity contribution in [3.63, 3.8) is 0 Å². The van der Waals surface area contributed by atoms with Crippen molar-refractivity contribution in [2.75, 3.05) is 25.1 Å². The van der Waals surface area contributed by atoms with Crippen LogP contribution in [0.5, 0.6) is 5.75 Å². The number of fused-ring (bicyclic) bond motifs is 3. The van der Waals surface area contributed by atoms with Crippen molar-refractivity contribution in [1.82, 2.24) is 29.0 Å². The third kappa shape index (κ3) is 5.84. The zero-order valence-corrected chi connectivity index (χ0v) is 27.0. The fourth-order valence-corrected chi connectivity index (χ4v) is 7.55. The van der Waals surface area contributed by atoms with Crippen molar-refractivity contribution in [1.29, 1.82) is 0 Å². The monoisotopic (exact) mass is 697 g/mol. The van der Waals surface area contributed by atoms with Crippen molar-refractivity contribution in [3.8, 4) is 5.75 Å². The van der Waals surface area contributed by atoms with Gasteiger partial charge in [-0.2, -0.15) is 22.7 Å². The summed E-state index contributed by atoms with van der Waals surface area (Å²) in [6.07, 6.45) is 1.12. The fourth-order valence-electron chi connectivity index (χ4n) is 7.32. The molecular weight excluding hydrogens is 667 g/mol. The predicted octanol–water partition coefficient (Wildman–Crippen LogP) is 4.61. The third-order valence-electron chi connectivity index (χ3n) is 9.64. The van der Waals surface area contributed by atoms with Crippen LogP contribution in [0.25, 0.3) is 11.4 Å². The lowest BCUT2D eigenvalue weighted by Gasteiger charge is -2.44. The van der Waals surface area contributed by atoms with E-state index in [1.807, 2.05) is 13.0 Å². The lowest BCUT2D eigenvalue weighted by atomic mass is 9.72. The summed E-state index contributed by atoms with van der Waals surface area (Å²) in [5.74, 6) is -0.718. The lowest BCUT2D eigenvalue weighted by molar-refractivity contribution is -0.137. The van der Waals surface area contributed by atoms with E-state index in [0.717, 1.165) is 23.8 Å². The summed E-state index contributed by atoms with van der Waals surface area (Å²) in [6, 6.07) is 5.30. The molecule has 1 aromatic carbocycles. The van der Waals surface area contributed by atoms with Crippen LogP contribution in [0.15, 0.2) is 47.4 Å². The minimum atomic E-state index is -4.60. The molecule has 1 unspecified atom stereocenters. The average Bonchev–Trinajstić information content (AvgIpc) is 3.67. The van der Waals surface area contributed by atoms with Crippen LogP contribution in [0.3, 0.4) is 0 Å². The molecule has 12 nitrogen and oxygen atoms in total. The van der Waals surface area contributed by atoms with Crippen LogP contribution >= 0.6 is 11.6 Å². The van der Waals surface area contributed by atoms with Gasteiger partial charge in [0.2, 0.25) is 11.7 Å². The Kier molecular flexibility index (Phi) is 8.22. The number of nitrogens with one attached hydrogen (secondary N) is 1. The molecule has 1 fully saturated rings. The second-order valence-corrected chi connectivity index (χ2v) is 13.0. The molecule has 5 heterocycles. The van der Waals surface area contributed by atoms with Gasteiger partial charge in [-0.15, -0.1) is 5.10 Å². The van der Waals surface area contributed by atoms with E-state index in [-0.39, 0.29) is 46.1 Å². The fraction of sp³-hybridized carbons (Fsp3) is 0.394. The highest BCUT2D eigenvalue weighted by atomic mass is 35.5. The number of halogens is 4. The van der Waals surface area contributed by atoms with Crippen LogP contribution in [0, 0.1) is 0 Å². The minimum absolute atomic E-state index is 0.00386. The highest BCUT2D eigenvalue weighted by Crippen LogP contribution is 2.47. The second-order valence-electron chi connectivity index (χ2n) is 12.6. The Labute approximate surface area is 282 Å². The number of anilines is 1. The van der Waals surface area contributed by atoms with Crippen molar-refractivity contribution < 1.29 is 32.6 Å². The summed E-state index contributed by atoms with van der Waals surface area (Å²) >= 11 is 6.12. The number of ether oxygens (including phenoxy) is 1. The van der Waals surface area contributed by atoms with E-state index < -0.39 is 29.0 Å². The van der Waals surface area contributed by atoms with E-state index in [1.54, 1.807) is 9.47 Å². The molecule has 49 heavy (non-hydrogen) atoms. The van der Waals surface area contributed by atoms with Gasteiger partial charge in [0.15, 0.2) is 11.5 Å². The largest absolute Gasteiger partial charge is 0.505 e. The van der Waals surface area contributed by atoms with Crippen molar-refractivity contribution in [2.24, 2.45) is 0 Å². The van der Waals surface area contributed by atoms with Gasteiger partial charge in [0.1, 0.15) is 12.3 Å². The standard InChI is InChI=1S/C33H31ClF3N7O5/c1-18-16-32(10-12-42(18)30(48)27-24(45)3-2-11-38-27)9-6-23-26(32)29(47)44-31(40-28(41-44)19-7-13-49-14-8-19)43(23)17-25(46)39-22-5-4-20(15-21(22)34)33(35,36)37/h2-5,7,11,15,18,45H,6,8-10,12-14,16-17H2,1H3,(H,39,46)/t18-,32?/m0/s1. The molecule has 0 radical (unpaired) electrons. The third-order valence-corrected chi connectivity index (χ3v) is 9.96. The molecule has 256 valence electrons. The van der Waals surface area contributed by atoms with Crippen LogP contribution < -0.4 is 10.9 Å². The van der Waals surface area contributed by atoms with Gasteiger partial charge in [0.25, 0.3) is 11.5 Å². The smallest absolute Gasteiger partial charge is 0.416 e. The van der Waals surface area contributed by atoms with Gasteiger partial charge in [-0.1, -0.05) is 17.7 Å². The number of benzene rings is 1. The summed E-state index contributed by atoms with van der Waals surface area (Å²) < 4.78 is 47.8. The Bertz CT molecular complexity index is 2100. The van der Waals surface area contributed by atoms with Crippen LogP contribution in [0.2, 0.25) is 5.02 Å². The first kappa shape index (κ1) is 32.8. The SMILES string of the molecule is C[C@H]1CC2(CCc3c2c(=O)n2nc(C4=CCOCC4)nc2n3CC(=O)Nc2ccc(C(F)(F)F)cc2Cl)CCN1C(=O)c1ncccc1O. The number of aromatic nitrogens is 5. The number of hydrogen-bond donors (Lipinski definition) is 2. The van der Waals surface area contributed by atoms with Gasteiger partial charge in [0, 0.05) is 35.5 Å². The maximum Gasteiger partial charge on any atom is 0.416 e. The molecule has 0 bridgehead atoms. The van der Waals surface area contributed by atoms with Gasteiger partial charge in [0.05, 0.1) is 29.5 Å². The molecule has 16 heteroatoms. The van der Waals surface area contributed by atoms with Crippen LogP contribution in [-0.2, 0) is 34.1 Å². The molecule has 7 rings (SSSR count). The summed E-state index contributed by atoms with van der Waals surface area (Å²) in [5, 5.41) is 17.2. The molecule has 1 aliphatic carbocycles. The summed E-state index contributed by atoms with van der Waals surface area (Å²) in [6.45, 7) is 2.70. The molecule has 3 aliphatic rings. The Balaban J connectivity index is 1.26. The Hall–Kier alpha value is -4.76. The predicted molar refractivity (Wildman–Crippen MR) is 171 cm³/mol. The number of aromatic hydroxyl groups is 1. The van der Waals surface area contributed by atoms with E-state index in [1.165, 1.54) is 22.8 Å². The summed E-state index contributed by atoms with van der Waals surface area (Å²) in [7, 11) is 0. The maximum absolute atomic E-state index is 14.3. The zero-order chi connectivity index (χ0) is 34.7. The first-order valence-electron chi connectivity index (χ1n) is 15.8. The molecule has 2 amide bonds. The average molecular weight is 698 g/mol. The van der Waals surface area contributed by atoms with Gasteiger partial charge >= 0.3 is 6.18 Å². The number of rotatable bonds is 5. The van der Waals surface area contributed by atoms with Gasteiger partial charge in [-0.05, 0) is 74.9 Å². The van der Waals surface area contributed by atoms with Crippen LogP contribution in [-0.4, -0.2) is 71.8 Å². The van der Waals surface area contributed by atoms with E-state index in [4.69, 9.17) is 21.3 Å². The molecule has 1 spiro atoms. The van der Waals surface area contributed by atoms with E-state index >= 15 is 0 Å². The lowest BCUT2D eigenvalue weighted by Crippen LogP contribution is -2.51. The number of piperidine rings is 1. The van der Waals surface area contributed by atoms with Crippen LogP contribution in [0.1, 0.15) is 65.7 Å². The molecule has 1 saturated heterocycles. The minimum Gasteiger partial charge on any atom is -0.505 e. The highest BCUT2D eigenvalue weighted by molar-refractivity contribution is 6.33. The van der Waals surface area contributed by atoms with Crippen LogP contribution in [0.4, 0.5) is 18.9 Å². The summed E-state index contributed by atoms with van der Waals surface area (Å²) in [4.78, 5) is 51.6. The molecule has 2 aliphatic heterocycles. The van der Waals surface area contributed by atoms with E-state index in [2.05, 4.69) is 15.4 Å². The Morgan fingerprint density at radius 3 is 2.71 bits per heavy atom.